The third-order valence-corrected chi connectivity index (χ3v) is 5.41. The molecule has 0 aliphatic carbocycles. The fourth-order valence-corrected chi connectivity index (χ4v) is 3.88. The fraction of sp³-hybridized carbons (Fsp3) is 0.733. The number of nitrogens with zero attached hydrogens (tertiary/aromatic N) is 5. The predicted octanol–water partition coefficient (Wildman–Crippen LogP) is -0.00998. The maximum atomic E-state index is 12.7. The van der Waals surface area contributed by atoms with E-state index in [0.29, 0.717) is 39.2 Å². The molecule has 2 saturated heterocycles. The van der Waals surface area contributed by atoms with Crippen LogP contribution in [0.1, 0.15) is 11.4 Å². The zero-order valence-electron chi connectivity index (χ0n) is 14.1. The number of rotatable bonds is 5. The van der Waals surface area contributed by atoms with Crippen LogP contribution >= 0.6 is 11.3 Å². The summed E-state index contributed by atoms with van der Waals surface area (Å²) in [6.07, 6.45) is 0.318. The van der Waals surface area contributed by atoms with Crippen LogP contribution in [0.25, 0.3) is 0 Å². The number of aryl methyl sites for hydroxylation is 1. The number of hydrogen-bond acceptors (Lipinski definition) is 7. The van der Waals surface area contributed by atoms with Crippen molar-refractivity contribution >= 4 is 28.3 Å². The van der Waals surface area contributed by atoms with Gasteiger partial charge < -0.3 is 19.4 Å². The lowest BCUT2D eigenvalue weighted by atomic mass is 10.1. The van der Waals surface area contributed by atoms with Crippen LogP contribution in [-0.4, -0.2) is 84.8 Å². The van der Waals surface area contributed by atoms with E-state index in [1.165, 1.54) is 0 Å². The molecule has 9 heteroatoms. The zero-order chi connectivity index (χ0) is 17.1. The van der Waals surface area contributed by atoms with Gasteiger partial charge in [-0.05, 0) is 6.92 Å². The Morgan fingerprint density at radius 2 is 2.04 bits per heavy atom. The second kappa shape index (κ2) is 7.43. The number of anilines is 1. The van der Waals surface area contributed by atoms with Crippen molar-refractivity contribution in [2.45, 2.75) is 13.3 Å². The minimum atomic E-state index is -0.218. The van der Waals surface area contributed by atoms with Gasteiger partial charge in [0.15, 0.2) is 0 Å². The summed E-state index contributed by atoms with van der Waals surface area (Å²) in [5, 5.41) is 10.1. The van der Waals surface area contributed by atoms with Crippen molar-refractivity contribution in [2.24, 2.45) is 5.92 Å². The van der Waals surface area contributed by atoms with Crippen molar-refractivity contribution in [3.63, 3.8) is 0 Å². The lowest BCUT2D eigenvalue weighted by Crippen LogP contribution is -2.50. The largest absolute Gasteiger partial charge is 0.383 e. The summed E-state index contributed by atoms with van der Waals surface area (Å²) in [6, 6.07) is 0. The lowest BCUT2D eigenvalue weighted by Gasteiger charge is -2.35. The Labute approximate surface area is 145 Å². The average Bonchev–Trinajstić information content (AvgIpc) is 3.18. The topological polar surface area (TPSA) is 78.9 Å². The van der Waals surface area contributed by atoms with Gasteiger partial charge in [0.2, 0.25) is 16.9 Å². The highest BCUT2D eigenvalue weighted by atomic mass is 32.1. The summed E-state index contributed by atoms with van der Waals surface area (Å²) in [4.78, 5) is 30.5. The van der Waals surface area contributed by atoms with E-state index in [4.69, 9.17) is 4.74 Å². The molecule has 2 amide bonds. The van der Waals surface area contributed by atoms with E-state index >= 15 is 0 Å². The molecule has 24 heavy (non-hydrogen) atoms. The second-order valence-corrected chi connectivity index (χ2v) is 7.31. The van der Waals surface area contributed by atoms with E-state index in [1.807, 2.05) is 11.8 Å². The Hall–Kier alpha value is -1.74. The van der Waals surface area contributed by atoms with E-state index in [9.17, 15) is 9.59 Å². The Balaban J connectivity index is 1.51. The minimum absolute atomic E-state index is 0.0494. The van der Waals surface area contributed by atoms with Crippen LogP contribution in [0.5, 0.6) is 0 Å². The Bertz CT molecular complexity index is 600. The normalized spacial score (nSPS) is 21.7. The van der Waals surface area contributed by atoms with Gasteiger partial charge in [0.1, 0.15) is 5.01 Å². The first-order chi connectivity index (χ1) is 11.6. The van der Waals surface area contributed by atoms with Gasteiger partial charge >= 0.3 is 0 Å². The number of ether oxygens (including phenoxy) is 1. The molecule has 0 radical (unpaired) electrons. The molecule has 1 aromatic rings. The molecule has 3 heterocycles. The molecule has 0 saturated carbocycles. The SMILES string of the molecule is COCCN1CC(C(=O)N2CCN(c3nnc(C)s3)CC2)CC1=O. The van der Waals surface area contributed by atoms with Gasteiger partial charge in [-0.3, -0.25) is 9.59 Å². The number of methoxy groups -OCH3 is 1. The van der Waals surface area contributed by atoms with Gasteiger partial charge in [-0.2, -0.15) is 0 Å². The molecule has 3 rings (SSSR count). The molecule has 2 fully saturated rings. The minimum Gasteiger partial charge on any atom is -0.383 e. The van der Waals surface area contributed by atoms with Crippen LogP contribution in [0.2, 0.25) is 0 Å². The number of likely N-dealkylation sites (tertiary alicyclic amines) is 1. The summed E-state index contributed by atoms with van der Waals surface area (Å²) in [5.41, 5.74) is 0. The smallest absolute Gasteiger partial charge is 0.228 e. The maximum Gasteiger partial charge on any atom is 0.228 e. The van der Waals surface area contributed by atoms with Crippen LogP contribution in [0.3, 0.4) is 0 Å². The second-order valence-electron chi connectivity index (χ2n) is 6.15. The van der Waals surface area contributed by atoms with Gasteiger partial charge in [0.05, 0.1) is 12.5 Å². The molecule has 0 spiro atoms. The van der Waals surface area contributed by atoms with Crippen LogP contribution < -0.4 is 4.90 Å². The van der Waals surface area contributed by atoms with Crippen molar-refractivity contribution < 1.29 is 14.3 Å². The number of carbonyl (C=O) groups excluding carboxylic acids is 2. The molecule has 8 nitrogen and oxygen atoms in total. The van der Waals surface area contributed by atoms with Gasteiger partial charge in [0.25, 0.3) is 0 Å². The number of piperazine rings is 1. The summed E-state index contributed by atoms with van der Waals surface area (Å²) in [5.74, 6) is -0.0746. The first kappa shape index (κ1) is 17.1. The Kier molecular flexibility index (Phi) is 5.30. The molecule has 2 aliphatic rings. The molecule has 1 unspecified atom stereocenters. The summed E-state index contributed by atoms with van der Waals surface area (Å²) < 4.78 is 5.01. The molecule has 1 atom stereocenters. The molecule has 0 N–H and O–H groups in total. The fourth-order valence-electron chi connectivity index (χ4n) is 3.15. The third-order valence-electron chi connectivity index (χ3n) is 4.51. The molecule has 2 aliphatic heterocycles. The van der Waals surface area contributed by atoms with Crippen LogP contribution in [-0.2, 0) is 14.3 Å². The Morgan fingerprint density at radius 1 is 1.29 bits per heavy atom. The average molecular weight is 353 g/mol. The van der Waals surface area contributed by atoms with Crippen molar-refractivity contribution in [1.82, 2.24) is 20.0 Å². The summed E-state index contributed by atoms with van der Waals surface area (Å²) in [6.45, 7) is 6.36. The third kappa shape index (κ3) is 3.67. The highest BCUT2D eigenvalue weighted by Gasteiger charge is 2.37. The lowest BCUT2D eigenvalue weighted by molar-refractivity contribution is -0.136. The first-order valence-corrected chi connectivity index (χ1v) is 9.00. The summed E-state index contributed by atoms with van der Waals surface area (Å²) >= 11 is 1.57. The summed E-state index contributed by atoms with van der Waals surface area (Å²) in [7, 11) is 1.61. The van der Waals surface area contributed by atoms with Crippen molar-refractivity contribution in [2.75, 3.05) is 57.9 Å². The van der Waals surface area contributed by atoms with Gasteiger partial charge in [0, 0.05) is 52.8 Å². The molecule has 0 aromatic carbocycles. The van der Waals surface area contributed by atoms with Gasteiger partial charge in [-0.1, -0.05) is 11.3 Å². The molecular weight excluding hydrogens is 330 g/mol. The molecule has 132 valence electrons. The van der Waals surface area contributed by atoms with Crippen molar-refractivity contribution in [1.29, 1.82) is 0 Å². The first-order valence-electron chi connectivity index (χ1n) is 8.19. The van der Waals surface area contributed by atoms with Crippen LogP contribution in [0.15, 0.2) is 0 Å². The molecular formula is C15H23N5O3S. The highest BCUT2D eigenvalue weighted by Crippen LogP contribution is 2.23. The van der Waals surface area contributed by atoms with E-state index in [2.05, 4.69) is 15.1 Å². The standard InChI is InChI=1S/C15H23N5O3S/c1-11-16-17-15(24-11)19-5-3-18(4-6-19)14(22)12-9-13(21)20(10-12)7-8-23-2/h12H,3-10H2,1-2H3. The number of hydrogen-bond donors (Lipinski definition) is 0. The molecule has 0 bridgehead atoms. The van der Waals surface area contributed by atoms with Crippen LogP contribution in [0, 0.1) is 12.8 Å². The van der Waals surface area contributed by atoms with Crippen molar-refractivity contribution in [3.8, 4) is 0 Å². The van der Waals surface area contributed by atoms with Gasteiger partial charge in [-0.25, -0.2) is 0 Å². The van der Waals surface area contributed by atoms with E-state index in [-0.39, 0.29) is 17.7 Å². The number of amides is 2. The molecule has 1 aromatic heterocycles. The van der Waals surface area contributed by atoms with Gasteiger partial charge in [-0.15, -0.1) is 10.2 Å². The number of carbonyl (C=O) groups is 2. The maximum absolute atomic E-state index is 12.7. The van der Waals surface area contributed by atoms with Crippen LogP contribution in [0.4, 0.5) is 5.13 Å². The van der Waals surface area contributed by atoms with E-state index in [1.54, 1.807) is 23.3 Å². The van der Waals surface area contributed by atoms with E-state index in [0.717, 1.165) is 23.2 Å². The monoisotopic (exact) mass is 353 g/mol. The highest BCUT2D eigenvalue weighted by molar-refractivity contribution is 7.15. The quantitative estimate of drug-likeness (QED) is 0.741. The van der Waals surface area contributed by atoms with E-state index < -0.39 is 0 Å². The predicted molar refractivity (Wildman–Crippen MR) is 90.0 cm³/mol. The Morgan fingerprint density at radius 3 is 2.67 bits per heavy atom. The zero-order valence-corrected chi connectivity index (χ0v) is 14.9. The number of aromatic nitrogens is 2. The van der Waals surface area contributed by atoms with Crippen molar-refractivity contribution in [3.05, 3.63) is 5.01 Å².